The van der Waals surface area contributed by atoms with Crippen molar-refractivity contribution in [1.29, 1.82) is 0 Å². The minimum absolute atomic E-state index is 0.0183. The van der Waals surface area contributed by atoms with Crippen LogP contribution in [0.1, 0.15) is 59.4 Å². The van der Waals surface area contributed by atoms with E-state index in [4.69, 9.17) is 4.74 Å². The van der Waals surface area contributed by atoms with E-state index >= 15 is 0 Å². The van der Waals surface area contributed by atoms with Crippen LogP contribution in [0, 0.1) is 13.8 Å². The predicted octanol–water partition coefficient (Wildman–Crippen LogP) is 2.49. The highest BCUT2D eigenvalue weighted by Gasteiger charge is 2.31. The number of amides is 1. The predicted molar refractivity (Wildman–Crippen MR) is 93.6 cm³/mol. The Kier molecular flexibility index (Phi) is 3.98. The van der Waals surface area contributed by atoms with Crippen LogP contribution in [0.25, 0.3) is 0 Å². The lowest BCUT2D eigenvalue weighted by Gasteiger charge is -2.24. The number of aryl methyl sites for hydroxylation is 2. The van der Waals surface area contributed by atoms with E-state index in [-0.39, 0.29) is 11.8 Å². The molecule has 0 saturated heterocycles. The number of hydrogen-bond donors (Lipinski definition) is 1. The first-order valence-corrected chi connectivity index (χ1v) is 8.94. The number of hydrogen-bond acceptors (Lipinski definition) is 4. The molecule has 1 aromatic carbocycles. The van der Waals surface area contributed by atoms with Crippen molar-refractivity contribution in [3.8, 4) is 5.75 Å². The lowest BCUT2D eigenvalue weighted by atomic mass is 9.85. The molecule has 1 amide bonds. The van der Waals surface area contributed by atoms with Crippen molar-refractivity contribution in [1.82, 2.24) is 20.1 Å². The van der Waals surface area contributed by atoms with Crippen molar-refractivity contribution >= 4 is 5.91 Å². The van der Waals surface area contributed by atoms with Gasteiger partial charge in [-0.15, -0.1) is 10.2 Å². The molecule has 1 aliphatic carbocycles. The number of aromatic nitrogens is 3. The molecule has 1 saturated carbocycles. The van der Waals surface area contributed by atoms with Gasteiger partial charge in [-0.25, -0.2) is 0 Å². The largest absolute Gasteiger partial charge is 0.492 e. The number of carbonyl (C=O) groups excluding carboxylic acids is 1. The van der Waals surface area contributed by atoms with Crippen LogP contribution in [-0.2, 0) is 18.4 Å². The van der Waals surface area contributed by atoms with E-state index in [1.54, 1.807) is 0 Å². The Morgan fingerprint density at radius 1 is 1.28 bits per heavy atom. The molecule has 2 heterocycles. The Balaban J connectivity index is 1.44. The second kappa shape index (κ2) is 6.17. The van der Waals surface area contributed by atoms with Gasteiger partial charge in [0.2, 0.25) is 5.91 Å². The van der Waals surface area contributed by atoms with Crippen LogP contribution in [-0.4, -0.2) is 27.3 Å². The van der Waals surface area contributed by atoms with E-state index < -0.39 is 0 Å². The summed E-state index contributed by atoms with van der Waals surface area (Å²) in [4.78, 5) is 12.6. The third-order valence-electron chi connectivity index (χ3n) is 5.61. The SMILES string of the molecule is Cc1cc2c(cc1C)[C@H](C(=O)NCc1nnc(C3CCC3)n1C)CO2. The smallest absolute Gasteiger partial charge is 0.231 e. The molecule has 0 unspecified atom stereocenters. The zero-order valence-electron chi connectivity index (χ0n) is 15.0. The lowest BCUT2D eigenvalue weighted by molar-refractivity contribution is -0.122. The first kappa shape index (κ1) is 16.1. The van der Waals surface area contributed by atoms with Crippen molar-refractivity contribution in [2.75, 3.05) is 6.61 Å². The number of rotatable bonds is 4. The maximum Gasteiger partial charge on any atom is 0.231 e. The number of fused-ring (bicyclic) bond motifs is 1. The molecular formula is C19H24N4O2. The topological polar surface area (TPSA) is 69.0 Å². The molecule has 0 bridgehead atoms. The number of ether oxygens (including phenoxy) is 1. The van der Waals surface area contributed by atoms with Gasteiger partial charge < -0.3 is 14.6 Å². The Morgan fingerprint density at radius 2 is 2.04 bits per heavy atom. The zero-order valence-corrected chi connectivity index (χ0v) is 15.0. The Hall–Kier alpha value is -2.37. The van der Waals surface area contributed by atoms with Gasteiger partial charge in [-0.05, 0) is 43.9 Å². The number of nitrogens with zero attached hydrogens (tertiary/aromatic N) is 3. The van der Waals surface area contributed by atoms with Crippen LogP contribution in [0.2, 0.25) is 0 Å². The Bertz CT molecular complexity index is 823. The summed E-state index contributed by atoms with van der Waals surface area (Å²) in [6, 6.07) is 4.09. The highest BCUT2D eigenvalue weighted by molar-refractivity contribution is 5.85. The highest BCUT2D eigenvalue weighted by atomic mass is 16.5. The van der Waals surface area contributed by atoms with E-state index in [0.29, 0.717) is 19.1 Å². The fraction of sp³-hybridized carbons (Fsp3) is 0.526. The molecule has 132 valence electrons. The number of benzene rings is 1. The molecule has 1 aliphatic heterocycles. The standard InChI is InChI=1S/C19H24N4O2/c1-11-7-14-15(10-25-16(14)8-12(11)2)19(24)20-9-17-21-22-18(23(17)3)13-5-4-6-13/h7-8,13,15H,4-6,9-10H2,1-3H3,(H,20,24)/t15-/m1/s1. The maximum atomic E-state index is 12.6. The van der Waals surface area contributed by atoms with E-state index in [0.717, 1.165) is 23.0 Å². The number of carbonyl (C=O) groups is 1. The van der Waals surface area contributed by atoms with Crippen LogP contribution < -0.4 is 10.1 Å². The molecule has 6 heteroatoms. The molecule has 2 aromatic rings. The summed E-state index contributed by atoms with van der Waals surface area (Å²) in [5, 5.41) is 11.6. The molecule has 2 aliphatic rings. The highest BCUT2D eigenvalue weighted by Crippen LogP contribution is 2.36. The van der Waals surface area contributed by atoms with Crippen LogP contribution in [0.5, 0.6) is 5.75 Å². The van der Waals surface area contributed by atoms with Crippen LogP contribution in [0.15, 0.2) is 12.1 Å². The van der Waals surface area contributed by atoms with Crippen molar-refractivity contribution in [3.05, 3.63) is 40.5 Å². The molecule has 25 heavy (non-hydrogen) atoms. The van der Waals surface area contributed by atoms with Crippen molar-refractivity contribution < 1.29 is 9.53 Å². The van der Waals surface area contributed by atoms with Crippen LogP contribution >= 0.6 is 0 Å². The molecule has 1 fully saturated rings. The van der Waals surface area contributed by atoms with Crippen molar-refractivity contribution in [2.24, 2.45) is 7.05 Å². The molecule has 0 radical (unpaired) electrons. The average molecular weight is 340 g/mol. The lowest BCUT2D eigenvalue weighted by Crippen LogP contribution is -2.30. The van der Waals surface area contributed by atoms with Gasteiger partial charge in [0.1, 0.15) is 24.1 Å². The molecule has 1 aromatic heterocycles. The summed E-state index contributed by atoms with van der Waals surface area (Å²) in [5.41, 5.74) is 3.34. The van der Waals surface area contributed by atoms with Crippen molar-refractivity contribution in [2.45, 2.75) is 51.5 Å². The molecule has 1 atom stereocenters. The van der Waals surface area contributed by atoms with E-state index in [2.05, 4.69) is 35.4 Å². The summed E-state index contributed by atoms with van der Waals surface area (Å²) in [6.07, 6.45) is 3.64. The van der Waals surface area contributed by atoms with Crippen LogP contribution in [0.4, 0.5) is 0 Å². The molecule has 4 rings (SSSR count). The Morgan fingerprint density at radius 3 is 2.76 bits per heavy atom. The van der Waals surface area contributed by atoms with Gasteiger partial charge in [0.25, 0.3) is 0 Å². The fourth-order valence-electron chi connectivity index (χ4n) is 3.53. The third-order valence-corrected chi connectivity index (χ3v) is 5.61. The van der Waals surface area contributed by atoms with E-state index in [9.17, 15) is 4.79 Å². The summed E-state index contributed by atoms with van der Waals surface area (Å²) >= 11 is 0. The maximum absolute atomic E-state index is 12.6. The summed E-state index contributed by atoms with van der Waals surface area (Å²) in [7, 11) is 1.98. The van der Waals surface area contributed by atoms with Gasteiger partial charge in [0.15, 0.2) is 5.82 Å². The molecule has 6 nitrogen and oxygen atoms in total. The summed E-state index contributed by atoms with van der Waals surface area (Å²) < 4.78 is 7.73. The summed E-state index contributed by atoms with van der Waals surface area (Å²) in [6.45, 7) is 4.91. The average Bonchev–Trinajstić information content (AvgIpc) is 3.09. The Labute approximate surface area is 147 Å². The molecule has 1 N–H and O–H groups in total. The van der Waals surface area contributed by atoms with Gasteiger partial charge >= 0.3 is 0 Å². The second-order valence-corrected chi connectivity index (χ2v) is 7.22. The first-order chi connectivity index (χ1) is 12.0. The normalized spacial score (nSPS) is 19.2. The minimum atomic E-state index is -0.256. The zero-order chi connectivity index (χ0) is 17.6. The molecular weight excluding hydrogens is 316 g/mol. The number of nitrogens with one attached hydrogen (secondary N) is 1. The van der Waals surface area contributed by atoms with Gasteiger partial charge in [-0.3, -0.25) is 4.79 Å². The van der Waals surface area contributed by atoms with Crippen LogP contribution in [0.3, 0.4) is 0 Å². The monoisotopic (exact) mass is 340 g/mol. The second-order valence-electron chi connectivity index (χ2n) is 7.22. The quantitative estimate of drug-likeness (QED) is 0.928. The fourth-order valence-corrected chi connectivity index (χ4v) is 3.53. The minimum Gasteiger partial charge on any atom is -0.492 e. The summed E-state index contributed by atoms with van der Waals surface area (Å²) in [5.74, 6) is 2.92. The van der Waals surface area contributed by atoms with Gasteiger partial charge in [0, 0.05) is 18.5 Å². The van der Waals surface area contributed by atoms with Crippen molar-refractivity contribution in [3.63, 3.8) is 0 Å². The van der Waals surface area contributed by atoms with Gasteiger partial charge in [-0.2, -0.15) is 0 Å². The van der Waals surface area contributed by atoms with Gasteiger partial charge in [0.05, 0.1) is 6.54 Å². The third kappa shape index (κ3) is 2.79. The molecule has 0 spiro atoms. The first-order valence-electron chi connectivity index (χ1n) is 8.94. The van der Waals surface area contributed by atoms with Gasteiger partial charge in [-0.1, -0.05) is 12.5 Å². The van der Waals surface area contributed by atoms with E-state index in [1.807, 2.05) is 17.7 Å². The van der Waals surface area contributed by atoms with E-state index in [1.165, 1.54) is 30.4 Å².